The van der Waals surface area contributed by atoms with Crippen LogP contribution in [0.5, 0.6) is 0 Å². The summed E-state index contributed by atoms with van der Waals surface area (Å²) < 4.78 is 9.07. The van der Waals surface area contributed by atoms with Crippen molar-refractivity contribution < 1.29 is 77.3 Å². The number of benzene rings is 1. The zero-order chi connectivity index (χ0) is 22.5. The van der Waals surface area contributed by atoms with E-state index in [0.29, 0.717) is 13.2 Å². The van der Waals surface area contributed by atoms with Crippen LogP contribution >= 0.6 is 0 Å². The molecule has 0 fully saturated rings. The summed E-state index contributed by atoms with van der Waals surface area (Å²) in [6, 6.07) is 12.5. The van der Waals surface area contributed by atoms with E-state index in [1.807, 2.05) is 26.0 Å². The van der Waals surface area contributed by atoms with Crippen molar-refractivity contribution in [2.75, 3.05) is 13.2 Å². The summed E-state index contributed by atoms with van der Waals surface area (Å²) >= 11 is 1.55. The maximum atomic E-state index is 10.6. The molecule has 11 heteroatoms. The van der Waals surface area contributed by atoms with E-state index in [0.717, 1.165) is 45.3 Å². The summed E-state index contributed by atoms with van der Waals surface area (Å²) in [5, 5.41) is 2.30. The summed E-state index contributed by atoms with van der Waals surface area (Å²) in [5.41, 5.74) is 4.06. The molecule has 0 aliphatic heterocycles. The van der Waals surface area contributed by atoms with Crippen LogP contribution in [0.3, 0.4) is 0 Å². The third-order valence-corrected chi connectivity index (χ3v) is 3.73. The van der Waals surface area contributed by atoms with E-state index in [4.69, 9.17) is 0 Å². The molecule has 0 atom stereocenters. The molecule has 0 N–H and O–H groups in total. The van der Waals surface area contributed by atoms with Gasteiger partial charge in [0.15, 0.2) is 0 Å². The molecule has 0 aliphatic carbocycles. The molecule has 0 bridgehead atoms. The number of aryl methyl sites for hydroxylation is 2. The molecule has 0 saturated heterocycles. The van der Waals surface area contributed by atoms with Gasteiger partial charge in [0.1, 0.15) is 0 Å². The van der Waals surface area contributed by atoms with Gasteiger partial charge in [-0.1, -0.05) is 24.3 Å². The monoisotopic (exact) mass is 815 g/mol. The van der Waals surface area contributed by atoms with Crippen molar-refractivity contribution in [1.82, 2.24) is 9.97 Å². The Morgan fingerprint density at radius 2 is 1.03 bits per heavy atom. The van der Waals surface area contributed by atoms with Crippen LogP contribution in [0.4, 0.5) is 0 Å². The van der Waals surface area contributed by atoms with Gasteiger partial charge in [-0.25, -0.2) is 9.59 Å². The van der Waals surface area contributed by atoms with Crippen LogP contribution in [0.25, 0.3) is 21.8 Å². The molecular formula is C23H27Cl3N2O4PtSn+2. The van der Waals surface area contributed by atoms with E-state index in [2.05, 4.69) is 48.6 Å². The Balaban J connectivity index is -0.000000230. The number of esters is 2. The largest absolute Gasteiger partial charge is 2.00 e. The van der Waals surface area contributed by atoms with Crippen LogP contribution in [0.2, 0.25) is 4.94 Å². The summed E-state index contributed by atoms with van der Waals surface area (Å²) in [5.74, 6) is -1.07. The molecular weight excluding hydrogens is 788 g/mol. The van der Waals surface area contributed by atoms with Gasteiger partial charge in [0.05, 0.1) is 24.2 Å². The number of ether oxygens (including phenoxy) is 2. The second-order valence-electron chi connectivity index (χ2n) is 5.95. The van der Waals surface area contributed by atoms with Gasteiger partial charge in [-0.05, 0) is 39.8 Å². The Morgan fingerprint density at radius 3 is 1.32 bits per heavy atom. The van der Waals surface area contributed by atoms with E-state index in [-0.39, 0.29) is 58.3 Å². The van der Waals surface area contributed by atoms with Crippen LogP contribution in [-0.4, -0.2) is 57.6 Å². The van der Waals surface area contributed by atoms with Crippen LogP contribution in [0, 0.1) is 13.8 Å². The van der Waals surface area contributed by atoms with Crippen molar-refractivity contribution in [3.63, 3.8) is 0 Å². The third-order valence-electron chi connectivity index (χ3n) is 3.73. The van der Waals surface area contributed by atoms with Crippen molar-refractivity contribution >= 4 is 56.3 Å². The van der Waals surface area contributed by atoms with Crippen molar-refractivity contribution in [2.24, 2.45) is 0 Å². The average Bonchev–Trinajstić information content (AvgIpc) is 2.74. The first-order valence-electron chi connectivity index (χ1n) is 9.60. The number of rotatable bonds is 4. The fraction of sp³-hybridized carbons (Fsp3) is 0.304. The molecule has 3 aromatic rings. The average molecular weight is 816 g/mol. The Morgan fingerprint density at radius 1 is 0.735 bits per heavy atom. The SMILES string of the molecule is CCOC(=O)/C=C/C(=O)OCC.Cc1ccc2ccc3ccc(C)nc3c2n1.[CH3][Sn+3].[Cl-].[Cl-].[Cl-].[Pt+2]. The van der Waals surface area contributed by atoms with Gasteiger partial charge < -0.3 is 46.7 Å². The number of fused-ring (bicyclic) bond motifs is 3. The standard InChI is InChI=1S/C14H12N2.C8H12O4.CH3.3ClH.Pt.Sn/c1-9-3-5-11-7-8-12-6-4-10(2)16-14(12)13(11)15-9;1-3-11-7(9)5-6-8(10)12-4-2;;;;;;/h3-8H,1-2H3;5-6H,3-4H2,1-2H3;1H3;3*1H;;/q;;;;;;+2;+3/p-3/b;6-5+;;;;;;. The topological polar surface area (TPSA) is 78.4 Å². The number of nitrogens with zero attached hydrogens (tertiary/aromatic N) is 2. The molecule has 186 valence electrons. The van der Waals surface area contributed by atoms with E-state index in [1.165, 1.54) is 0 Å². The second kappa shape index (κ2) is 22.5. The van der Waals surface area contributed by atoms with Crippen molar-refractivity contribution in [3.05, 3.63) is 59.9 Å². The first-order valence-corrected chi connectivity index (χ1v) is 12.4. The molecule has 1 aromatic carbocycles. The van der Waals surface area contributed by atoms with Gasteiger partial charge in [-0.3, -0.25) is 9.97 Å². The van der Waals surface area contributed by atoms with Crippen molar-refractivity contribution in [2.45, 2.75) is 32.6 Å². The number of pyridine rings is 2. The van der Waals surface area contributed by atoms with Crippen LogP contribution in [0.1, 0.15) is 25.2 Å². The summed E-state index contributed by atoms with van der Waals surface area (Å²) in [6.07, 6.45) is 2.09. The van der Waals surface area contributed by atoms with Crippen LogP contribution < -0.4 is 37.2 Å². The van der Waals surface area contributed by atoms with Gasteiger partial charge in [0.25, 0.3) is 0 Å². The fourth-order valence-electron chi connectivity index (χ4n) is 2.48. The fourth-order valence-corrected chi connectivity index (χ4v) is 2.48. The Labute approximate surface area is 247 Å². The Hall–Kier alpha value is -0.923. The third kappa shape index (κ3) is 13.8. The van der Waals surface area contributed by atoms with E-state index < -0.39 is 11.9 Å². The zero-order valence-corrected chi connectivity index (χ0v) is 26.9. The van der Waals surface area contributed by atoms with E-state index >= 15 is 0 Å². The maximum Gasteiger partial charge on any atom is 2.00 e. The van der Waals surface area contributed by atoms with Crippen LogP contribution in [0.15, 0.2) is 48.6 Å². The van der Waals surface area contributed by atoms with Gasteiger partial charge in [0.2, 0.25) is 0 Å². The molecule has 0 unspecified atom stereocenters. The molecule has 3 rings (SSSR count). The quantitative estimate of drug-likeness (QED) is 0.114. The molecule has 0 spiro atoms. The Kier molecular flexibility index (Phi) is 26.7. The smallest absolute Gasteiger partial charge is 1.00 e. The number of carbonyl (C=O) groups excluding carboxylic acids is 2. The predicted molar refractivity (Wildman–Crippen MR) is 121 cm³/mol. The number of aromatic nitrogens is 2. The molecule has 0 radical (unpaired) electrons. The first kappa shape index (κ1) is 40.3. The van der Waals surface area contributed by atoms with Crippen LogP contribution in [-0.2, 0) is 40.1 Å². The van der Waals surface area contributed by atoms with Gasteiger partial charge in [-0.2, -0.15) is 0 Å². The molecule has 6 nitrogen and oxygen atoms in total. The first-order chi connectivity index (χ1) is 14.4. The van der Waals surface area contributed by atoms with Crippen molar-refractivity contribution in [3.8, 4) is 0 Å². The normalized spacial score (nSPS) is 8.91. The second-order valence-corrected chi connectivity index (χ2v) is 5.95. The number of carbonyl (C=O) groups is 2. The number of halogens is 3. The molecule has 2 heterocycles. The summed E-state index contributed by atoms with van der Waals surface area (Å²) in [7, 11) is 0. The van der Waals surface area contributed by atoms with Crippen molar-refractivity contribution in [1.29, 1.82) is 0 Å². The number of hydrogen-bond acceptors (Lipinski definition) is 6. The van der Waals surface area contributed by atoms with Gasteiger partial charge >= 0.3 is 60.5 Å². The van der Waals surface area contributed by atoms with Gasteiger partial charge in [0, 0.05) is 34.3 Å². The zero-order valence-electron chi connectivity index (χ0n) is 19.5. The minimum Gasteiger partial charge on any atom is -1.00 e. The molecule has 34 heavy (non-hydrogen) atoms. The summed E-state index contributed by atoms with van der Waals surface area (Å²) in [4.78, 5) is 32.5. The van der Waals surface area contributed by atoms with E-state index in [9.17, 15) is 9.59 Å². The minimum absolute atomic E-state index is 0. The number of hydrogen-bond donors (Lipinski definition) is 0. The predicted octanol–water partition coefficient (Wildman–Crippen LogP) is -4.72. The van der Waals surface area contributed by atoms with Gasteiger partial charge in [-0.15, -0.1) is 0 Å². The van der Waals surface area contributed by atoms with E-state index in [1.54, 1.807) is 36.4 Å². The summed E-state index contributed by atoms with van der Waals surface area (Å²) in [6.45, 7) is 7.99. The molecule has 2 aromatic heterocycles. The Bertz CT molecular complexity index is 959. The molecule has 0 saturated carbocycles. The molecule has 0 amide bonds. The maximum absolute atomic E-state index is 10.6. The minimum atomic E-state index is -0.537. The molecule has 0 aliphatic rings.